The Bertz CT molecular complexity index is 3860. The molecule has 2 atom stereocenters. The van der Waals surface area contributed by atoms with Crippen molar-refractivity contribution in [1.29, 1.82) is 0 Å². The number of sulfonamides is 1. The molecule has 4 aliphatic heterocycles. The number of halogens is 2. The van der Waals surface area contributed by atoms with Crippen molar-refractivity contribution in [2.24, 2.45) is 11.3 Å². The summed E-state index contributed by atoms with van der Waals surface area (Å²) in [6.07, 6.45) is 10.7. The number of amides is 4. The molecule has 4 aromatic carbocycles. The quantitative estimate of drug-likeness (QED) is 0.0378. The Morgan fingerprint density at radius 2 is 1.69 bits per heavy atom. The largest absolute Gasteiger partial charge is 0.455 e. The van der Waals surface area contributed by atoms with Gasteiger partial charge in [0.25, 0.3) is 27.5 Å². The Morgan fingerprint density at radius 1 is 0.909 bits per heavy atom. The fourth-order valence-electron chi connectivity index (χ4n) is 13.8. The molecule has 1 saturated carbocycles. The topological polar surface area (TPSA) is 236 Å². The number of aromatic nitrogens is 2. The lowest BCUT2D eigenvalue weighted by Crippen LogP contribution is -2.55. The van der Waals surface area contributed by atoms with Gasteiger partial charge < -0.3 is 24.8 Å². The highest BCUT2D eigenvalue weighted by Gasteiger charge is 2.41. The van der Waals surface area contributed by atoms with Crippen molar-refractivity contribution in [3.8, 4) is 11.5 Å². The molecule has 2 aliphatic carbocycles. The van der Waals surface area contributed by atoms with E-state index in [-0.39, 0.29) is 52.6 Å². The van der Waals surface area contributed by atoms with Crippen LogP contribution in [-0.4, -0.2) is 144 Å². The highest BCUT2D eigenvalue weighted by Crippen LogP contribution is 2.44. The number of allylic oxidation sites excluding steroid dienone is 1. The van der Waals surface area contributed by atoms with Crippen molar-refractivity contribution in [3.63, 3.8) is 0 Å². The Kier molecular flexibility index (Phi) is 17.6. The molecule has 23 heteroatoms. The second-order valence-electron chi connectivity index (χ2n) is 25.3. The zero-order valence-corrected chi connectivity index (χ0v) is 52.8. The highest BCUT2D eigenvalue weighted by atomic mass is 79.9. The molecule has 20 nitrogen and oxygen atoms in total. The number of nitrogens with zero attached hydrogens (tertiary/aromatic N) is 7. The summed E-state index contributed by atoms with van der Waals surface area (Å²) >= 11 is 9.98. The van der Waals surface area contributed by atoms with E-state index in [4.69, 9.17) is 16.3 Å². The predicted molar refractivity (Wildman–Crippen MR) is 341 cm³/mol. The molecule has 462 valence electrons. The first-order valence-corrected chi connectivity index (χ1v) is 33.1. The van der Waals surface area contributed by atoms with E-state index in [0.717, 1.165) is 122 Å². The predicted octanol–water partition coefficient (Wildman–Crippen LogP) is 10.5. The van der Waals surface area contributed by atoms with Crippen molar-refractivity contribution in [2.45, 2.75) is 115 Å². The van der Waals surface area contributed by atoms with Crippen molar-refractivity contribution in [3.05, 3.63) is 150 Å². The molecule has 2 aromatic heterocycles. The molecule has 4 amide bonds. The first-order chi connectivity index (χ1) is 42.2. The van der Waals surface area contributed by atoms with Crippen LogP contribution in [0.1, 0.15) is 116 Å². The smallest absolute Gasteiger partial charge is 0.293 e. The summed E-state index contributed by atoms with van der Waals surface area (Å²) in [5.41, 5.74) is 7.89. The fraction of sp³-hybridized carbons (Fsp3) is 0.431. The number of benzene rings is 4. The number of fused-ring (bicyclic) bond motifs is 2. The van der Waals surface area contributed by atoms with Gasteiger partial charge in [-0.2, -0.15) is 0 Å². The van der Waals surface area contributed by atoms with Gasteiger partial charge in [0, 0.05) is 135 Å². The third-order valence-electron chi connectivity index (χ3n) is 18.8. The summed E-state index contributed by atoms with van der Waals surface area (Å²) in [5.74, 6) is -1.21. The van der Waals surface area contributed by atoms with E-state index in [0.29, 0.717) is 62.1 Å². The lowest BCUT2D eigenvalue weighted by Gasteiger charge is -2.45. The normalized spacial score (nSPS) is 22.2. The van der Waals surface area contributed by atoms with Crippen LogP contribution in [-0.2, 0) is 32.7 Å². The number of ether oxygens (including phenoxy) is 1. The number of piperidine rings is 1. The van der Waals surface area contributed by atoms with Gasteiger partial charge in [-0.05, 0) is 153 Å². The maximum atomic E-state index is 14.2. The minimum Gasteiger partial charge on any atom is -0.455 e. The van der Waals surface area contributed by atoms with Crippen LogP contribution < -0.4 is 25.0 Å². The fourth-order valence-corrected chi connectivity index (χ4v) is 15.5. The van der Waals surface area contributed by atoms with E-state index in [1.165, 1.54) is 35.0 Å². The average molecular weight is 1300 g/mol. The number of rotatable bonds is 17. The number of nitro benzene ring substituents is 1. The summed E-state index contributed by atoms with van der Waals surface area (Å²) in [4.78, 5) is 82.6. The van der Waals surface area contributed by atoms with Crippen LogP contribution in [0, 0.1) is 21.4 Å². The Morgan fingerprint density at radius 3 is 2.44 bits per heavy atom. The second kappa shape index (κ2) is 25.3. The van der Waals surface area contributed by atoms with Crippen molar-refractivity contribution >= 4 is 94.9 Å². The number of carbonyl (C=O) groups is 4. The number of pyridine rings is 1. The Hall–Kier alpha value is -7.21. The van der Waals surface area contributed by atoms with E-state index in [9.17, 15) is 37.7 Å². The molecule has 0 radical (unpaired) electrons. The van der Waals surface area contributed by atoms with Gasteiger partial charge in [0.15, 0.2) is 0 Å². The Labute approximate surface area is 525 Å². The second-order valence-corrected chi connectivity index (χ2v) is 28.3. The number of H-pyrrole nitrogens is 1. The number of imide groups is 1. The van der Waals surface area contributed by atoms with Crippen molar-refractivity contribution < 1.29 is 37.3 Å². The van der Waals surface area contributed by atoms with Crippen LogP contribution in [0.25, 0.3) is 16.6 Å². The maximum Gasteiger partial charge on any atom is 0.293 e. The molecule has 6 aromatic rings. The standard InChI is InChI=1S/C65H73BrClN11O9S/c1-40-36-76(27-26-75(40)37-42-28-52-54(55(66)29-42)39-77(64(52)82)57-16-17-60(79)71-63(57)81)47-10-4-41(5-11-47)34-69-56-15-13-50(32-58(56)78(83)84)88(85,86)72-62(80)51-14-12-48(31-59(51)87-49-30-44-19-21-68-61(44)70-35-49)74-24-22-73(23-25-74)38-45-18-20-65(2,3)33-53(45)43-6-8-46(67)9-7-43/h6-9,12-15,19,21,28-32,35,40-41,47,57,69H,4-5,10-11,16-18,20,22-27,33-34,36-39H2,1-3H3,(H,68,70)(H,72,80)(H,71,79,81)/t40-,41?,47?,57?/m1/s1. The van der Waals surface area contributed by atoms with Gasteiger partial charge >= 0.3 is 0 Å². The molecule has 3 saturated heterocycles. The highest BCUT2D eigenvalue weighted by molar-refractivity contribution is 9.10. The van der Waals surface area contributed by atoms with E-state index >= 15 is 0 Å². The van der Waals surface area contributed by atoms with Crippen LogP contribution in [0.5, 0.6) is 11.5 Å². The van der Waals surface area contributed by atoms with Crippen molar-refractivity contribution in [1.82, 2.24) is 39.6 Å². The van der Waals surface area contributed by atoms with Crippen molar-refractivity contribution in [2.75, 3.05) is 69.1 Å². The molecule has 0 bridgehead atoms. The lowest BCUT2D eigenvalue weighted by atomic mass is 9.72. The number of nitro groups is 1. The minimum atomic E-state index is -4.63. The SMILES string of the molecule is C[C@@H]1CN(C2CCC(CNc3ccc(S(=O)(=O)NC(=O)c4ccc(N5CCN(CC6=C(c7ccc(Cl)cc7)CC(C)(C)CC6)CC5)cc4Oc4cnc5[nH]ccc5c4)cc3[N+](=O)[O-])CC2)CCN1Cc1cc(Br)c2c(c1)C(=O)N(C1CCC(=O)NC1=O)C2. The zero-order valence-electron chi connectivity index (χ0n) is 49.7. The molecular formula is C65H73BrClN11O9S. The number of anilines is 2. The molecule has 4 fully saturated rings. The molecule has 0 spiro atoms. The number of hydrogen-bond acceptors (Lipinski definition) is 15. The van der Waals surface area contributed by atoms with E-state index in [2.05, 4.69) is 99.8 Å². The van der Waals surface area contributed by atoms with Gasteiger partial charge in [0.1, 0.15) is 28.9 Å². The third-order valence-corrected chi connectivity index (χ3v) is 21.1. The van der Waals surface area contributed by atoms with Gasteiger partial charge in [0.2, 0.25) is 11.8 Å². The van der Waals surface area contributed by atoms with E-state index in [1.807, 2.05) is 24.3 Å². The van der Waals surface area contributed by atoms with Gasteiger partial charge in [-0.15, -0.1) is 0 Å². The molecule has 4 N–H and O–H groups in total. The van der Waals surface area contributed by atoms with Crippen LogP contribution in [0.15, 0.2) is 112 Å². The van der Waals surface area contributed by atoms with Crippen LogP contribution in [0.3, 0.4) is 0 Å². The Balaban J connectivity index is 0.654. The van der Waals surface area contributed by atoms with Crippen LogP contribution in [0.2, 0.25) is 5.02 Å². The summed E-state index contributed by atoms with van der Waals surface area (Å²) in [5, 5.41) is 19.7. The van der Waals surface area contributed by atoms with Gasteiger partial charge in [-0.25, -0.2) is 18.1 Å². The molecule has 6 heterocycles. The minimum absolute atomic E-state index is 0.0518. The van der Waals surface area contributed by atoms with Gasteiger partial charge in [0.05, 0.1) is 21.6 Å². The molecule has 12 rings (SSSR count). The first-order valence-electron chi connectivity index (χ1n) is 30.4. The summed E-state index contributed by atoms with van der Waals surface area (Å²) < 4.78 is 37.5. The summed E-state index contributed by atoms with van der Waals surface area (Å²) in [7, 11) is -4.63. The van der Waals surface area contributed by atoms with Crippen LogP contribution >= 0.6 is 27.5 Å². The van der Waals surface area contributed by atoms with Gasteiger partial charge in [-0.3, -0.25) is 49.3 Å². The summed E-state index contributed by atoms with van der Waals surface area (Å²) in [6, 6.07) is 24.5. The molecule has 1 unspecified atom stereocenters. The molecular weight excluding hydrogens is 1230 g/mol. The lowest BCUT2D eigenvalue weighted by molar-refractivity contribution is -0.384. The summed E-state index contributed by atoms with van der Waals surface area (Å²) in [6.45, 7) is 14.9. The zero-order chi connectivity index (χ0) is 61.6. The monoisotopic (exact) mass is 1300 g/mol. The number of hydrogen-bond donors (Lipinski definition) is 4. The number of piperazine rings is 2. The van der Waals surface area contributed by atoms with Gasteiger partial charge in [-0.1, -0.05) is 59.1 Å². The molecule has 88 heavy (non-hydrogen) atoms. The average Bonchev–Trinajstić information content (AvgIpc) is 2.41. The first kappa shape index (κ1) is 61.0. The third kappa shape index (κ3) is 13.4. The van der Waals surface area contributed by atoms with Crippen LogP contribution in [0.4, 0.5) is 17.1 Å². The van der Waals surface area contributed by atoms with E-state index < -0.39 is 43.4 Å². The number of aromatic amines is 1. The van der Waals surface area contributed by atoms with E-state index in [1.54, 1.807) is 35.4 Å². The molecule has 6 aliphatic rings. The maximum absolute atomic E-state index is 14.2. The number of carbonyl (C=O) groups excluding carboxylic acids is 4. The number of nitrogens with one attached hydrogen (secondary N) is 4.